The third kappa shape index (κ3) is 10.7. The first kappa shape index (κ1) is 26.8. The molecule has 10 heteroatoms. The van der Waals surface area contributed by atoms with Crippen molar-refractivity contribution in [2.75, 3.05) is 13.6 Å². The van der Waals surface area contributed by atoms with Crippen LogP contribution in [0, 0.1) is 11.8 Å². The van der Waals surface area contributed by atoms with Crippen LogP contribution in [0.2, 0.25) is 0 Å². The Kier molecular flexibility index (Phi) is 8.71. The number of hydrogen-bond donors (Lipinski definition) is 1. The predicted molar refractivity (Wildman–Crippen MR) is 114 cm³/mol. The van der Waals surface area contributed by atoms with Gasteiger partial charge in [-0.1, -0.05) is 11.8 Å². The van der Waals surface area contributed by atoms with Crippen molar-refractivity contribution in [1.82, 2.24) is 10.2 Å². The zero-order valence-corrected chi connectivity index (χ0v) is 19.2. The number of carbonyl (C=O) groups excluding carboxylic acids is 2. The van der Waals surface area contributed by atoms with Crippen molar-refractivity contribution in [3.05, 3.63) is 35.4 Å². The molecule has 1 aromatic carbocycles. The van der Waals surface area contributed by atoms with Crippen LogP contribution in [0.5, 0.6) is 0 Å². The lowest BCUT2D eigenvalue weighted by molar-refractivity contribution is -0.137. The van der Waals surface area contributed by atoms with Gasteiger partial charge in [0, 0.05) is 12.6 Å². The van der Waals surface area contributed by atoms with Crippen molar-refractivity contribution in [2.45, 2.75) is 58.9 Å². The maximum absolute atomic E-state index is 12.6. The smallest absolute Gasteiger partial charge is 0.437 e. The Morgan fingerprint density at radius 2 is 1.53 bits per heavy atom. The molecule has 2 amide bonds. The zero-order valence-electron chi connectivity index (χ0n) is 19.2. The van der Waals surface area contributed by atoms with Crippen molar-refractivity contribution in [3.8, 4) is 11.8 Å². The maximum atomic E-state index is 12.6. The first-order chi connectivity index (χ1) is 14.5. The number of nitrogens with zero attached hydrogens (tertiary/aromatic N) is 2. The van der Waals surface area contributed by atoms with E-state index in [1.54, 1.807) is 41.5 Å². The van der Waals surface area contributed by atoms with E-state index in [1.807, 2.05) is 0 Å². The van der Waals surface area contributed by atoms with Crippen molar-refractivity contribution < 1.29 is 32.2 Å². The molecule has 176 valence electrons. The summed E-state index contributed by atoms with van der Waals surface area (Å²) < 4.78 is 48.2. The summed E-state index contributed by atoms with van der Waals surface area (Å²) in [6, 6.07) is 4.38. The Labute approximate surface area is 186 Å². The lowest BCUT2D eigenvalue weighted by atomic mass is 10.1. The third-order valence-corrected chi connectivity index (χ3v) is 3.33. The van der Waals surface area contributed by atoms with E-state index in [0.717, 1.165) is 12.1 Å². The highest BCUT2D eigenvalue weighted by Gasteiger charge is 2.29. The van der Waals surface area contributed by atoms with E-state index in [4.69, 9.17) is 9.47 Å². The highest BCUT2D eigenvalue weighted by molar-refractivity contribution is 5.98. The topological polar surface area (TPSA) is 80.2 Å². The van der Waals surface area contributed by atoms with E-state index in [-0.39, 0.29) is 12.5 Å². The zero-order chi connectivity index (χ0) is 24.7. The molecule has 0 saturated heterocycles. The highest BCUT2D eigenvalue weighted by atomic mass is 19.4. The van der Waals surface area contributed by atoms with Crippen LogP contribution in [0.4, 0.5) is 22.8 Å². The molecule has 1 rings (SSSR count). The van der Waals surface area contributed by atoms with Gasteiger partial charge >= 0.3 is 18.4 Å². The van der Waals surface area contributed by atoms with Crippen LogP contribution in [0.1, 0.15) is 52.7 Å². The average molecular weight is 455 g/mol. The number of amides is 2. The van der Waals surface area contributed by atoms with Gasteiger partial charge in [-0.15, -0.1) is 4.99 Å². The van der Waals surface area contributed by atoms with E-state index >= 15 is 0 Å². The van der Waals surface area contributed by atoms with Crippen LogP contribution in [0.3, 0.4) is 0 Å². The van der Waals surface area contributed by atoms with Gasteiger partial charge < -0.3 is 14.4 Å². The molecule has 1 aromatic rings. The largest absolute Gasteiger partial charge is 0.444 e. The summed E-state index contributed by atoms with van der Waals surface area (Å²) in [5, 5.41) is 2.38. The number of rotatable bonds is 1. The van der Waals surface area contributed by atoms with Gasteiger partial charge in [0.15, 0.2) is 0 Å². The monoisotopic (exact) mass is 455 g/mol. The second-order valence-electron chi connectivity index (χ2n) is 8.78. The van der Waals surface area contributed by atoms with Crippen LogP contribution < -0.4 is 5.32 Å². The first-order valence-corrected chi connectivity index (χ1v) is 9.65. The van der Waals surface area contributed by atoms with Gasteiger partial charge in [0.2, 0.25) is 5.96 Å². The van der Waals surface area contributed by atoms with Crippen LogP contribution >= 0.6 is 0 Å². The van der Waals surface area contributed by atoms with Crippen molar-refractivity contribution in [1.29, 1.82) is 0 Å². The predicted octanol–water partition coefficient (Wildman–Crippen LogP) is 4.80. The third-order valence-electron chi connectivity index (χ3n) is 3.33. The molecule has 0 aliphatic heterocycles. The summed E-state index contributed by atoms with van der Waals surface area (Å²) in [5.41, 5.74) is -1.97. The molecule has 0 aliphatic rings. The highest BCUT2D eigenvalue weighted by Crippen LogP contribution is 2.28. The summed E-state index contributed by atoms with van der Waals surface area (Å²) >= 11 is 0. The lowest BCUT2D eigenvalue weighted by Crippen LogP contribution is -2.45. The Hall–Kier alpha value is -3.22. The lowest BCUT2D eigenvalue weighted by Gasteiger charge is -2.23. The number of aliphatic imine (C=N–C) groups is 1. The molecule has 0 aromatic heterocycles. The summed E-state index contributed by atoms with van der Waals surface area (Å²) in [6.07, 6.45) is -6.18. The summed E-state index contributed by atoms with van der Waals surface area (Å²) in [6.45, 7) is 10.0. The van der Waals surface area contributed by atoms with Gasteiger partial charge in [-0.2, -0.15) is 13.2 Å². The number of guanidine groups is 1. The number of alkyl halides is 3. The molecule has 0 radical (unpaired) electrons. The van der Waals surface area contributed by atoms with E-state index in [0.29, 0.717) is 5.56 Å². The number of hydrogen-bond acceptors (Lipinski definition) is 4. The van der Waals surface area contributed by atoms with E-state index in [1.165, 1.54) is 24.1 Å². The second-order valence-corrected chi connectivity index (χ2v) is 8.78. The molecule has 7 nitrogen and oxygen atoms in total. The molecule has 0 heterocycles. The minimum Gasteiger partial charge on any atom is -0.444 e. The van der Waals surface area contributed by atoms with Crippen LogP contribution in [0.25, 0.3) is 0 Å². The number of halogens is 3. The summed E-state index contributed by atoms with van der Waals surface area (Å²) in [5.74, 6) is 5.31. The quantitative estimate of drug-likeness (QED) is 0.374. The van der Waals surface area contributed by atoms with Crippen molar-refractivity contribution >= 4 is 18.1 Å². The summed E-state index contributed by atoms with van der Waals surface area (Å²) in [4.78, 5) is 29.4. The summed E-state index contributed by atoms with van der Waals surface area (Å²) in [7, 11) is 1.52. The van der Waals surface area contributed by atoms with Gasteiger partial charge in [-0.25, -0.2) is 9.59 Å². The van der Waals surface area contributed by atoms with E-state index < -0.39 is 35.1 Å². The van der Waals surface area contributed by atoms with Crippen molar-refractivity contribution in [2.24, 2.45) is 4.99 Å². The normalized spacial score (nSPS) is 12.4. The number of alkyl carbamates (subject to hydrolysis) is 1. The minimum absolute atomic E-state index is 0.00154. The number of nitrogens with one attached hydrogen (secondary N) is 1. The molecule has 0 unspecified atom stereocenters. The SMILES string of the molecule is CN(CC#Cc1ccc(C(F)(F)F)cc1)/C(=N/C(=O)OC(C)(C)C)NC(=O)OC(C)(C)C. The number of ether oxygens (including phenoxy) is 2. The van der Waals surface area contributed by atoms with E-state index in [9.17, 15) is 22.8 Å². The molecule has 0 saturated carbocycles. The Bertz CT molecular complexity index is 900. The fraction of sp³-hybridized carbons (Fsp3) is 0.500. The van der Waals surface area contributed by atoms with Gasteiger partial charge in [0.05, 0.1) is 12.1 Å². The molecule has 0 bridgehead atoms. The molecular weight excluding hydrogens is 427 g/mol. The van der Waals surface area contributed by atoms with Gasteiger partial charge in [-0.3, -0.25) is 5.32 Å². The van der Waals surface area contributed by atoms with Crippen LogP contribution in [0.15, 0.2) is 29.3 Å². The van der Waals surface area contributed by atoms with Gasteiger partial charge in [0.25, 0.3) is 0 Å². The molecule has 0 aliphatic carbocycles. The average Bonchev–Trinajstić information content (AvgIpc) is 2.57. The Morgan fingerprint density at radius 3 is 2.00 bits per heavy atom. The molecule has 0 fully saturated rings. The number of benzene rings is 1. The van der Waals surface area contributed by atoms with Gasteiger partial charge in [-0.05, 0) is 65.8 Å². The minimum atomic E-state index is -4.42. The van der Waals surface area contributed by atoms with Gasteiger partial charge in [0.1, 0.15) is 11.2 Å². The number of carbonyl (C=O) groups is 2. The fourth-order valence-electron chi connectivity index (χ4n) is 2.05. The molecule has 1 N–H and O–H groups in total. The fourth-order valence-corrected chi connectivity index (χ4v) is 2.05. The molecule has 32 heavy (non-hydrogen) atoms. The first-order valence-electron chi connectivity index (χ1n) is 9.65. The van der Waals surface area contributed by atoms with E-state index in [2.05, 4.69) is 22.2 Å². The molecule has 0 spiro atoms. The van der Waals surface area contributed by atoms with Crippen LogP contribution in [-0.4, -0.2) is 47.8 Å². The Morgan fingerprint density at radius 1 is 1.00 bits per heavy atom. The second kappa shape index (κ2) is 10.4. The Balaban J connectivity index is 2.98. The van der Waals surface area contributed by atoms with Crippen LogP contribution in [-0.2, 0) is 15.7 Å². The molecule has 0 atom stereocenters. The molecular formula is C22H28F3N3O4. The standard InChI is InChI=1S/C22H28F3N3O4/c1-20(2,3)31-18(29)26-17(27-19(30)32-21(4,5)6)28(7)14-8-9-15-10-12-16(13-11-15)22(23,24)25/h10-13H,14H2,1-7H3,(H,26,27,29,30). The maximum Gasteiger partial charge on any atom is 0.437 e. The van der Waals surface area contributed by atoms with Crippen molar-refractivity contribution in [3.63, 3.8) is 0 Å².